The number of halogens is 1. The molecule has 0 aromatic carbocycles. The maximum absolute atomic E-state index is 12.4. The average molecular weight is 504 g/mol. The Kier molecular flexibility index (Phi) is 9.98. The third-order valence-electron chi connectivity index (χ3n) is 5.04. The van der Waals surface area contributed by atoms with E-state index in [-0.39, 0.29) is 12.1 Å². The van der Waals surface area contributed by atoms with Gasteiger partial charge in [-0.05, 0) is 32.0 Å². The molecule has 34 heavy (non-hydrogen) atoms. The molecule has 0 radical (unpaired) electrons. The van der Waals surface area contributed by atoms with Crippen molar-refractivity contribution >= 4 is 35.6 Å². The molecule has 1 aliphatic rings. The first kappa shape index (κ1) is 27.2. The summed E-state index contributed by atoms with van der Waals surface area (Å²) in [6, 6.07) is 2.68. The van der Waals surface area contributed by atoms with Crippen molar-refractivity contribution in [2.24, 2.45) is 0 Å². The van der Waals surface area contributed by atoms with E-state index in [1.165, 1.54) is 18.3 Å². The zero-order valence-electron chi connectivity index (χ0n) is 18.2. The van der Waals surface area contributed by atoms with Crippen LogP contribution in [0.5, 0.6) is 0 Å². The fourth-order valence-corrected chi connectivity index (χ4v) is 3.53. The molecule has 0 spiro atoms. The first-order valence-electron chi connectivity index (χ1n) is 10.4. The minimum Gasteiger partial charge on any atom is -0.619 e. The Morgan fingerprint density at radius 1 is 1.21 bits per heavy atom. The lowest BCUT2D eigenvalue weighted by molar-refractivity contribution is -0.605. The Balaban J connectivity index is 2.04. The number of aliphatic carboxylic acids is 2. The quantitative estimate of drug-likeness (QED) is 0.114. The molecular weight excluding hydrogens is 478 g/mol. The number of aliphatic hydroxyl groups is 1. The minimum absolute atomic E-state index is 0.0581. The summed E-state index contributed by atoms with van der Waals surface area (Å²) in [6.45, 7) is 1.18. The van der Waals surface area contributed by atoms with Gasteiger partial charge in [-0.25, -0.2) is 4.79 Å². The summed E-state index contributed by atoms with van der Waals surface area (Å²) in [5.41, 5.74) is -2.91. The van der Waals surface area contributed by atoms with Crippen molar-refractivity contribution in [3.8, 4) is 0 Å². The molecule has 2 atom stereocenters. The highest BCUT2D eigenvalue weighted by molar-refractivity contribution is 6.22. The molecule has 1 aliphatic heterocycles. The summed E-state index contributed by atoms with van der Waals surface area (Å²) in [5, 5.41) is 39.4. The van der Waals surface area contributed by atoms with Gasteiger partial charge in [-0.1, -0.05) is 6.42 Å². The number of hydroxylamine groups is 1. The second kappa shape index (κ2) is 12.5. The third kappa shape index (κ3) is 8.41. The topological polar surface area (TPSA) is 181 Å². The van der Waals surface area contributed by atoms with Gasteiger partial charge >= 0.3 is 17.9 Å². The lowest BCUT2D eigenvalue weighted by Gasteiger charge is -2.31. The normalized spacial score (nSPS) is 16.8. The number of esters is 1. The molecule has 188 valence electrons. The standard InChI is InChI=1S/C20H26ClN3O10/c21-24(18(28)14-5-4-8-23(32)11-14)33-13-15(12-22-6-2-1-3-7-22)34-17(27)10-20(31,19(29)30)9-16(25)26/h4-5,8,11,15,31H,1-3,6-7,9-10,12-13H2,(H,25,26)(H,29,30)/t15-,20-/m0/s1. The first-order chi connectivity index (χ1) is 16.0. The highest BCUT2D eigenvalue weighted by Gasteiger charge is 2.42. The smallest absolute Gasteiger partial charge is 0.336 e. The highest BCUT2D eigenvalue weighted by atomic mass is 35.5. The molecule has 0 aliphatic carbocycles. The van der Waals surface area contributed by atoms with E-state index in [0.717, 1.165) is 25.5 Å². The number of hydrogen-bond donors (Lipinski definition) is 3. The zero-order valence-corrected chi connectivity index (χ0v) is 18.9. The van der Waals surface area contributed by atoms with E-state index in [9.17, 15) is 29.5 Å². The van der Waals surface area contributed by atoms with Crippen molar-refractivity contribution in [2.45, 2.75) is 43.8 Å². The predicted octanol–water partition coefficient (Wildman–Crippen LogP) is -0.0742. The number of carboxylic acid groups (broad SMARTS) is 2. The molecule has 1 aromatic heterocycles. The van der Waals surface area contributed by atoms with Crippen LogP contribution in [0.2, 0.25) is 0 Å². The fraction of sp³-hybridized carbons (Fsp3) is 0.550. The summed E-state index contributed by atoms with van der Waals surface area (Å²) < 4.78 is 6.02. The maximum Gasteiger partial charge on any atom is 0.336 e. The van der Waals surface area contributed by atoms with Gasteiger partial charge in [-0.2, -0.15) is 4.73 Å². The monoisotopic (exact) mass is 503 g/mol. The van der Waals surface area contributed by atoms with Gasteiger partial charge in [-0.15, -0.1) is 4.58 Å². The SMILES string of the molecule is O=C(O)C[C@](O)(CC(=O)O[C@H](CON(Cl)C(=O)c1ccc[n+]([O-])c1)CN1CCCCC1)C(=O)O. The van der Waals surface area contributed by atoms with Crippen LogP contribution in [-0.2, 0) is 24.0 Å². The van der Waals surface area contributed by atoms with Gasteiger partial charge < -0.3 is 25.3 Å². The van der Waals surface area contributed by atoms with Crippen LogP contribution in [0.15, 0.2) is 24.5 Å². The Labute approximate surface area is 199 Å². The molecule has 0 bridgehead atoms. The highest BCUT2D eigenvalue weighted by Crippen LogP contribution is 2.19. The van der Waals surface area contributed by atoms with Crippen molar-refractivity contribution < 1.29 is 48.8 Å². The number of nitrogens with zero attached hydrogens (tertiary/aromatic N) is 3. The number of pyridine rings is 1. The zero-order chi connectivity index (χ0) is 25.3. The summed E-state index contributed by atoms with van der Waals surface area (Å²) in [5.74, 6) is -5.51. The second-order valence-electron chi connectivity index (χ2n) is 7.86. The van der Waals surface area contributed by atoms with Crippen LogP contribution >= 0.6 is 11.8 Å². The number of aromatic nitrogens is 1. The van der Waals surface area contributed by atoms with E-state index < -0.39 is 55.0 Å². The molecular formula is C20H26ClN3O10. The summed E-state index contributed by atoms with van der Waals surface area (Å²) in [4.78, 5) is 54.1. The molecule has 1 saturated heterocycles. The molecule has 0 unspecified atom stereocenters. The van der Waals surface area contributed by atoms with Crippen molar-refractivity contribution in [3.63, 3.8) is 0 Å². The van der Waals surface area contributed by atoms with Gasteiger partial charge in [0, 0.05) is 24.4 Å². The number of likely N-dealkylation sites (tertiary alicyclic amines) is 1. The Bertz CT molecular complexity index is 895. The minimum atomic E-state index is -2.85. The van der Waals surface area contributed by atoms with Crippen molar-refractivity contribution in [1.29, 1.82) is 0 Å². The number of piperidine rings is 1. The number of ether oxygens (including phenoxy) is 1. The number of carbonyl (C=O) groups excluding carboxylic acids is 2. The number of carboxylic acids is 2. The van der Waals surface area contributed by atoms with E-state index in [1.54, 1.807) is 0 Å². The van der Waals surface area contributed by atoms with E-state index >= 15 is 0 Å². The first-order valence-corrected chi connectivity index (χ1v) is 10.8. The molecule has 3 N–H and O–H groups in total. The van der Waals surface area contributed by atoms with Crippen molar-refractivity contribution in [1.82, 2.24) is 9.48 Å². The van der Waals surface area contributed by atoms with Crippen LogP contribution in [0, 0.1) is 5.21 Å². The largest absolute Gasteiger partial charge is 0.619 e. The van der Waals surface area contributed by atoms with Crippen molar-refractivity contribution in [2.75, 3.05) is 26.2 Å². The number of amides is 1. The number of rotatable bonds is 12. The van der Waals surface area contributed by atoms with E-state index in [2.05, 4.69) is 0 Å². The molecule has 0 saturated carbocycles. The Morgan fingerprint density at radius 2 is 1.88 bits per heavy atom. The number of hydrogen-bond acceptors (Lipinski definition) is 9. The van der Waals surface area contributed by atoms with E-state index in [1.807, 2.05) is 4.90 Å². The van der Waals surface area contributed by atoms with Crippen LogP contribution in [-0.4, -0.2) is 86.6 Å². The Hall–Kier alpha value is -3.00. The molecule has 2 heterocycles. The maximum atomic E-state index is 12.4. The van der Waals surface area contributed by atoms with Gasteiger partial charge in [-0.3, -0.25) is 24.1 Å². The Morgan fingerprint density at radius 3 is 2.47 bits per heavy atom. The molecule has 1 fully saturated rings. The van der Waals surface area contributed by atoms with Gasteiger partial charge in [0.1, 0.15) is 18.3 Å². The predicted molar refractivity (Wildman–Crippen MR) is 113 cm³/mol. The third-order valence-corrected chi connectivity index (χ3v) is 5.29. The summed E-state index contributed by atoms with van der Waals surface area (Å²) in [7, 11) is 0. The van der Waals surface area contributed by atoms with Crippen molar-refractivity contribution in [3.05, 3.63) is 35.3 Å². The van der Waals surface area contributed by atoms with Gasteiger partial charge in [0.05, 0.1) is 12.8 Å². The van der Waals surface area contributed by atoms with Gasteiger partial charge in [0.2, 0.25) is 0 Å². The molecule has 13 nitrogen and oxygen atoms in total. The lowest BCUT2D eigenvalue weighted by atomic mass is 9.96. The fourth-order valence-electron chi connectivity index (χ4n) is 3.37. The van der Waals surface area contributed by atoms with Crippen LogP contribution in [0.25, 0.3) is 0 Å². The van der Waals surface area contributed by atoms with Crippen LogP contribution in [0.1, 0.15) is 42.5 Å². The van der Waals surface area contributed by atoms with Crippen LogP contribution < -0.4 is 4.73 Å². The van der Waals surface area contributed by atoms with E-state index in [4.69, 9.17) is 31.6 Å². The van der Waals surface area contributed by atoms with Crippen LogP contribution in [0.3, 0.4) is 0 Å². The second-order valence-corrected chi connectivity index (χ2v) is 8.16. The molecule has 14 heteroatoms. The number of carbonyl (C=O) groups is 4. The summed E-state index contributed by atoms with van der Waals surface area (Å²) in [6.07, 6.45) is 1.70. The van der Waals surface area contributed by atoms with E-state index in [0.29, 0.717) is 22.4 Å². The molecule has 1 aromatic rings. The lowest BCUT2D eigenvalue weighted by Crippen LogP contribution is -2.45. The van der Waals surface area contributed by atoms with Crippen LogP contribution in [0.4, 0.5) is 0 Å². The average Bonchev–Trinajstić information content (AvgIpc) is 2.76. The molecule has 1 amide bonds. The van der Waals surface area contributed by atoms with Gasteiger partial charge in [0.25, 0.3) is 5.91 Å². The van der Waals surface area contributed by atoms with Gasteiger partial charge in [0.15, 0.2) is 18.0 Å². The summed E-state index contributed by atoms with van der Waals surface area (Å²) >= 11 is 5.86. The molecule has 2 rings (SSSR count).